The van der Waals surface area contributed by atoms with E-state index in [2.05, 4.69) is 39.5 Å². The standard InChI is InChI=1S/C11H10N2O2.C11H14N2/c14-10-11(15)13(7-5-6-7)9-4-2-1-3-8(9)12-10;1-2-4-11-10(3-1)12-7-8-13(11)9-5-6-9/h1-4,7H,5-6H2,(H,12,14);1-4,9,12H,5-8H2. The fourth-order valence-electron chi connectivity index (χ4n) is 3.95. The van der Waals surface area contributed by atoms with Crippen molar-refractivity contribution in [3.63, 3.8) is 0 Å². The molecule has 0 amide bonds. The van der Waals surface area contributed by atoms with E-state index in [0.29, 0.717) is 0 Å². The van der Waals surface area contributed by atoms with Crippen molar-refractivity contribution in [3.05, 3.63) is 69.2 Å². The number of para-hydroxylation sites is 4. The molecule has 0 unspecified atom stereocenters. The van der Waals surface area contributed by atoms with Crippen LogP contribution in [0.5, 0.6) is 0 Å². The highest BCUT2D eigenvalue weighted by Gasteiger charge is 2.31. The van der Waals surface area contributed by atoms with Crippen LogP contribution in [0.1, 0.15) is 31.7 Å². The third kappa shape index (κ3) is 3.19. The van der Waals surface area contributed by atoms with E-state index in [4.69, 9.17) is 0 Å². The molecule has 6 nitrogen and oxygen atoms in total. The quantitative estimate of drug-likeness (QED) is 0.675. The number of hydrogen-bond acceptors (Lipinski definition) is 4. The first kappa shape index (κ1) is 17.1. The molecule has 0 bridgehead atoms. The smallest absolute Gasteiger partial charge is 0.316 e. The topological polar surface area (TPSA) is 70.1 Å². The maximum atomic E-state index is 11.7. The van der Waals surface area contributed by atoms with Gasteiger partial charge in [-0.2, -0.15) is 0 Å². The summed E-state index contributed by atoms with van der Waals surface area (Å²) in [5.41, 5.74) is 3.30. The molecule has 2 fully saturated rings. The van der Waals surface area contributed by atoms with Gasteiger partial charge in [0.2, 0.25) is 0 Å². The van der Waals surface area contributed by atoms with E-state index in [1.165, 1.54) is 30.8 Å². The first-order valence-electron chi connectivity index (χ1n) is 10.1. The fourth-order valence-corrected chi connectivity index (χ4v) is 3.95. The van der Waals surface area contributed by atoms with Gasteiger partial charge in [0.25, 0.3) is 0 Å². The average Bonchev–Trinajstić information content (AvgIpc) is 3.63. The molecular formula is C22H24N4O2. The van der Waals surface area contributed by atoms with Crippen LogP contribution in [0.4, 0.5) is 11.4 Å². The number of hydrogen-bond donors (Lipinski definition) is 2. The van der Waals surface area contributed by atoms with Crippen molar-refractivity contribution < 1.29 is 0 Å². The van der Waals surface area contributed by atoms with E-state index in [9.17, 15) is 9.59 Å². The predicted octanol–water partition coefficient (Wildman–Crippen LogP) is 3.11. The third-order valence-corrected chi connectivity index (χ3v) is 5.61. The Morgan fingerprint density at radius 2 is 1.57 bits per heavy atom. The van der Waals surface area contributed by atoms with Crippen LogP contribution in [0.3, 0.4) is 0 Å². The highest BCUT2D eigenvalue weighted by Crippen LogP contribution is 2.37. The second-order valence-electron chi connectivity index (χ2n) is 7.75. The number of nitrogens with zero attached hydrogens (tertiary/aromatic N) is 2. The number of aromatic amines is 1. The first-order chi connectivity index (χ1) is 13.7. The number of anilines is 2. The van der Waals surface area contributed by atoms with Crippen LogP contribution in [0.15, 0.2) is 58.1 Å². The van der Waals surface area contributed by atoms with Gasteiger partial charge in [-0.15, -0.1) is 0 Å². The Bertz CT molecular complexity index is 1130. The minimum absolute atomic E-state index is 0.227. The van der Waals surface area contributed by atoms with E-state index in [-0.39, 0.29) is 6.04 Å². The minimum atomic E-state index is -0.527. The van der Waals surface area contributed by atoms with E-state index >= 15 is 0 Å². The van der Waals surface area contributed by atoms with Crippen molar-refractivity contribution in [2.75, 3.05) is 23.3 Å². The lowest BCUT2D eigenvalue weighted by molar-refractivity contribution is 0.725. The van der Waals surface area contributed by atoms with Crippen molar-refractivity contribution in [2.24, 2.45) is 0 Å². The normalized spacial score (nSPS) is 18.1. The summed E-state index contributed by atoms with van der Waals surface area (Å²) in [5, 5.41) is 3.43. The van der Waals surface area contributed by atoms with Crippen molar-refractivity contribution in [1.29, 1.82) is 0 Å². The van der Waals surface area contributed by atoms with Crippen molar-refractivity contribution in [1.82, 2.24) is 9.55 Å². The van der Waals surface area contributed by atoms with Crippen molar-refractivity contribution in [2.45, 2.75) is 37.8 Å². The Kier molecular flexibility index (Phi) is 4.19. The number of H-pyrrole nitrogens is 1. The van der Waals surface area contributed by atoms with Crippen LogP contribution in [-0.2, 0) is 0 Å². The van der Waals surface area contributed by atoms with Gasteiger partial charge in [-0.05, 0) is 49.9 Å². The number of nitrogens with one attached hydrogen (secondary N) is 2. The largest absolute Gasteiger partial charge is 0.382 e. The third-order valence-electron chi connectivity index (χ3n) is 5.61. The first-order valence-corrected chi connectivity index (χ1v) is 10.1. The predicted molar refractivity (Wildman–Crippen MR) is 112 cm³/mol. The van der Waals surface area contributed by atoms with E-state index in [1.54, 1.807) is 4.57 Å². The molecule has 3 aliphatic rings. The Morgan fingerprint density at radius 3 is 2.36 bits per heavy atom. The monoisotopic (exact) mass is 376 g/mol. The number of benzene rings is 2. The highest BCUT2D eigenvalue weighted by molar-refractivity contribution is 5.74. The molecule has 2 N–H and O–H groups in total. The zero-order valence-corrected chi connectivity index (χ0v) is 15.7. The second-order valence-corrected chi connectivity index (χ2v) is 7.75. The average molecular weight is 376 g/mol. The summed E-state index contributed by atoms with van der Waals surface area (Å²) < 4.78 is 1.62. The van der Waals surface area contributed by atoms with Crippen LogP contribution < -0.4 is 21.3 Å². The summed E-state index contributed by atoms with van der Waals surface area (Å²) in [5.74, 6) is 0. The van der Waals surface area contributed by atoms with Gasteiger partial charge in [0.15, 0.2) is 0 Å². The van der Waals surface area contributed by atoms with Gasteiger partial charge in [-0.1, -0.05) is 24.3 Å². The second kappa shape index (κ2) is 6.86. The van der Waals surface area contributed by atoms with Crippen LogP contribution in [0.25, 0.3) is 11.0 Å². The number of aromatic nitrogens is 2. The summed E-state index contributed by atoms with van der Waals surface area (Å²) in [7, 11) is 0. The molecule has 0 radical (unpaired) electrons. The van der Waals surface area contributed by atoms with Crippen LogP contribution in [0.2, 0.25) is 0 Å². The molecule has 3 aromatic rings. The Labute approximate surface area is 162 Å². The zero-order chi connectivity index (χ0) is 19.1. The maximum absolute atomic E-state index is 11.7. The molecule has 2 aromatic carbocycles. The van der Waals surface area contributed by atoms with Crippen LogP contribution in [-0.4, -0.2) is 28.7 Å². The van der Waals surface area contributed by atoms with Crippen LogP contribution in [0, 0.1) is 0 Å². The number of fused-ring (bicyclic) bond motifs is 2. The van der Waals surface area contributed by atoms with Gasteiger partial charge in [-0.25, -0.2) is 0 Å². The molecule has 0 saturated heterocycles. The van der Waals surface area contributed by atoms with Crippen LogP contribution >= 0.6 is 0 Å². The number of rotatable bonds is 2. The summed E-state index contributed by atoms with van der Waals surface area (Å²) in [6, 6.07) is 17.1. The lowest BCUT2D eigenvalue weighted by atomic mass is 10.2. The SMILES string of the molecule is O=c1[nH]c2ccccc2n(C2CC2)c1=O.c1ccc2c(c1)NCCN2C1CC1. The molecule has 2 aliphatic carbocycles. The summed E-state index contributed by atoms with van der Waals surface area (Å²) >= 11 is 0. The van der Waals surface area contributed by atoms with E-state index in [0.717, 1.165) is 36.5 Å². The molecule has 0 atom stereocenters. The van der Waals surface area contributed by atoms with Gasteiger partial charge < -0.3 is 15.2 Å². The Balaban J connectivity index is 0.000000123. The van der Waals surface area contributed by atoms with Gasteiger partial charge in [0.05, 0.1) is 22.4 Å². The van der Waals surface area contributed by atoms with Gasteiger partial charge in [0, 0.05) is 25.2 Å². The summed E-state index contributed by atoms with van der Waals surface area (Å²) in [6.07, 6.45) is 4.75. The van der Waals surface area contributed by atoms with Crippen molar-refractivity contribution in [3.8, 4) is 0 Å². The van der Waals surface area contributed by atoms with E-state index in [1.807, 2.05) is 24.3 Å². The molecule has 2 saturated carbocycles. The van der Waals surface area contributed by atoms with Gasteiger partial charge in [0.1, 0.15) is 0 Å². The molecule has 0 spiro atoms. The lowest BCUT2D eigenvalue weighted by Crippen LogP contribution is -2.35. The Hall–Kier alpha value is -3.02. The molecule has 144 valence electrons. The molecule has 28 heavy (non-hydrogen) atoms. The maximum Gasteiger partial charge on any atom is 0.316 e. The minimum Gasteiger partial charge on any atom is -0.382 e. The van der Waals surface area contributed by atoms with Crippen molar-refractivity contribution >= 4 is 22.4 Å². The molecule has 1 aliphatic heterocycles. The molecular weight excluding hydrogens is 352 g/mol. The highest BCUT2D eigenvalue weighted by atomic mass is 16.2. The van der Waals surface area contributed by atoms with Gasteiger partial charge in [-0.3, -0.25) is 14.2 Å². The van der Waals surface area contributed by atoms with Gasteiger partial charge >= 0.3 is 11.1 Å². The zero-order valence-electron chi connectivity index (χ0n) is 15.7. The molecule has 6 heteroatoms. The summed E-state index contributed by atoms with van der Waals surface area (Å²) in [4.78, 5) is 28.2. The van der Waals surface area contributed by atoms with E-state index < -0.39 is 11.1 Å². The lowest BCUT2D eigenvalue weighted by Gasteiger charge is -2.32. The molecule has 2 heterocycles. The Morgan fingerprint density at radius 1 is 0.857 bits per heavy atom. The fraction of sp³-hybridized carbons (Fsp3) is 0.364. The summed E-state index contributed by atoms with van der Waals surface area (Å²) in [6.45, 7) is 2.26. The molecule has 6 rings (SSSR count). The molecule has 1 aromatic heterocycles.